The maximum atomic E-state index is 12.6. The number of thioether (sulfide) groups is 1. The van der Waals surface area contributed by atoms with Crippen LogP contribution in [0.4, 0.5) is 0 Å². The van der Waals surface area contributed by atoms with E-state index in [0.29, 0.717) is 6.04 Å². The third kappa shape index (κ3) is 3.02. The standard InChI is InChI=1S/C20H21BrN2OS/c1-2-16-18(23-15(11-21)12-25-20(23)22-19(16)24)10-14-8-5-7-13-6-3-4-9-17(13)14/h3-9,15-16,18H,2,10-12H2,1H3. The summed E-state index contributed by atoms with van der Waals surface area (Å²) in [4.78, 5) is 19.4. The summed E-state index contributed by atoms with van der Waals surface area (Å²) in [5.74, 6) is 1.03. The SMILES string of the molecule is CCC1C(=O)N=C2SCC(CBr)N2C1Cc1cccc2ccccc12. The van der Waals surface area contributed by atoms with Crippen molar-refractivity contribution in [1.82, 2.24) is 4.90 Å². The molecular formula is C20H21BrN2OS. The Bertz CT molecular complexity index is 832. The molecule has 5 heteroatoms. The zero-order valence-electron chi connectivity index (χ0n) is 14.2. The van der Waals surface area contributed by atoms with E-state index >= 15 is 0 Å². The van der Waals surface area contributed by atoms with Crippen molar-refractivity contribution in [3.63, 3.8) is 0 Å². The van der Waals surface area contributed by atoms with Crippen LogP contribution >= 0.6 is 27.7 Å². The van der Waals surface area contributed by atoms with Crippen LogP contribution in [-0.4, -0.2) is 39.1 Å². The predicted molar refractivity (Wildman–Crippen MR) is 110 cm³/mol. The van der Waals surface area contributed by atoms with Gasteiger partial charge in [0, 0.05) is 17.1 Å². The van der Waals surface area contributed by atoms with E-state index in [2.05, 4.69) is 75.2 Å². The average molecular weight is 417 g/mol. The van der Waals surface area contributed by atoms with E-state index in [9.17, 15) is 4.79 Å². The van der Waals surface area contributed by atoms with E-state index in [4.69, 9.17) is 0 Å². The molecule has 2 aliphatic rings. The van der Waals surface area contributed by atoms with Crippen molar-refractivity contribution in [3.05, 3.63) is 48.0 Å². The Morgan fingerprint density at radius 3 is 2.84 bits per heavy atom. The molecule has 0 radical (unpaired) electrons. The highest BCUT2D eigenvalue weighted by atomic mass is 79.9. The molecule has 1 amide bonds. The fourth-order valence-corrected chi connectivity index (χ4v) is 6.07. The van der Waals surface area contributed by atoms with E-state index < -0.39 is 0 Å². The van der Waals surface area contributed by atoms with Crippen LogP contribution in [0, 0.1) is 5.92 Å². The smallest absolute Gasteiger partial charge is 0.253 e. The van der Waals surface area contributed by atoms with Crippen molar-refractivity contribution in [2.45, 2.75) is 31.8 Å². The first-order chi connectivity index (χ1) is 12.2. The van der Waals surface area contributed by atoms with Gasteiger partial charge in [-0.1, -0.05) is 77.1 Å². The van der Waals surface area contributed by atoms with E-state index in [-0.39, 0.29) is 17.9 Å². The van der Waals surface area contributed by atoms with Crippen LogP contribution in [0.5, 0.6) is 0 Å². The van der Waals surface area contributed by atoms with E-state index in [1.165, 1.54) is 16.3 Å². The lowest BCUT2D eigenvalue weighted by molar-refractivity contribution is -0.124. The average Bonchev–Trinajstić information content (AvgIpc) is 3.04. The van der Waals surface area contributed by atoms with Gasteiger partial charge in [0.1, 0.15) is 0 Å². The number of amidine groups is 1. The maximum Gasteiger partial charge on any atom is 0.253 e. The Morgan fingerprint density at radius 2 is 2.04 bits per heavy atom. The first-order valence-corrected chi connectivity index (χ1v) is 10.9. The van der Waals surface area contributed by atoms with Gasteiger partial charge in [-0.2, -0.15) is 4.99 Å². The van der Waals surface area contributed by atoms with Crippen LogP contribution in [0.15, 0.2) is 47.5 Å². The van der Waals surface area contributed by atoms with E-state index in [1.807, 2.05) is 0 Å². The quantitative estimate of drug-likeness (QED) is 0.688. The number of amides is 1. The van der Waals surface area contributed by atoms with Crippen LogP contribution in [0.2, 0.25) is 0 Å². The first-order valence-electron chi connectivity index (χ1n) is 8.79. The summed E-state index contributed by atoms with van der Waals surface area (Å²) < 4.78 is 0. The minimum Gasteiger partial charge on any atom is -0.342 e. The van der Waals surface area contributed by atoms with Gasteiger partial charge in [-0.15, -0.1) is 0 Å². The van der Waals surface area contributed by atoms with Crippen LogP contribution in [-0.2, 0) is 11.2 Å². The summed E-state index contributed by atoms with van der Waals surface area (Å²) in [5.41, 5.74) is 1.32. The molecule has 0 aromatic heterocycles. The number of alkyl halides is 1. The van der Waals surface area contributed by atoms with Gasteiger partial charge < -0.3 is 4.90 Å². The summed E-state index contributed by atoms with van der Waals surface area (Å²) in [7, 11) is 0. The molecule has 4 rings (SSSR count). The van der Waals surface area contributed by atoms with Crippen LogP contribution in [0.1, 0.15) is 18.9 Å². The number of carbonyl (C=O) groups is 1. The number of hydrogen-bond donors (Lipinski definition) is 0. The molecule has 0 saturated carbocycles. The van der Waals surface area contributed by atoms with Gasteiger partial charge in [-0.3, -0.25) is 4.79 Å². The fraction of sp³-hybridized carbons (Fsp3) is 0.400. The van der Waals surface area contributed by atoms with Crippen molar-refractivity contribution in [2.24, 2.45) is 10.9 Å². The van der Waals surface area contributed by atoms with Gasteiger partial charge in [-0.25, -0.2) is 0 Å². The fourth-order valence-electron chi connectivity index (χ4n) is 4.02. The van der Waals surface area contributed by atoms with Gasteiger partial charge in [0.25, 0.3) is 5.91 Å². The molecule has 25 heavy (non-hydrogen) atoms. The highest BCUT2D eigenvalue weighted by Crippen LogP contribution is 2.37. The zero-order chi connectivity index (χ0) is 17.4. The summed E-state index contributed by atoms with van der Waals surface area (Å²) in [6.07, 6.45) is 1.72. The van der Waals surface area contributed by atoms with Crippen molar-refractivity contribution < 1.29 is 4.79 Å². The monoisotopic (exact) mass is 416 g/mol. The van der Waals surface area contributed by atoms with E-state index in [0.717, 1.165) is 29.1 Å². The van der Waals surface area contributed by atoms with Gasteiger partial charge >= 0.3 is 0 Å². The third-order valence-electron chi connectivity index (χ3n) is 5.29. The third-order valence-corrected chi connectivity index (χ3v) is 7.15. The molecule has 130 valence electrons. The Balaban J connectivity index is 1.75. The van der Waals surface area contributed by atoms with Crippen LogP contribution in [0.3, 0.4) is 0 Å². The molecule has 2 aliphatic heterocycles. The van der Waals surface area contributed by atoms with Gasteiger partial charge in [-0.05, 0) is 29.2 Å². The maximum absolute atomic E-state index is 12.6. The molecule has 2 aromatic rings. The second-order valence-electron chi connectivity index (χ2n) is 6.68. The summed E-state index contributed by atoms with van der Waals surface area (Å²) in [6, 6.07) is 15.6. The van der Waals surface area contributed by atoms with E-state index in [1.54, 1.807) is 11.8 Å². The van der Waals surface area contributed by atoms with Gasteiger partial charge in [0.05, 0.1) is 12.0 Å². The Hall–Kier alpha value is -1.33. The minimum atomic E-state index is -0.0250. The topological polar surface area (TPSA) is 32.7 Å². The first kappa shape index (κ1) is 17.1. The molecule has 3 atom stereocenters. The molecule has 1 fully saturated rings. The highest BCUT2D eigenvalue weighted by Gasteiger charge is 2.44. The van der Waals surface area contributed by atoms with Crippen LogP contribution in [0.25, 0.3) is 10.8 Å². The lowest BCUT2D eigenvalue weighted by Crippen LogP contribution is -2.53. The summed E-state index contributed by atoms with van der Waals surface area (Å²) in [6.45, 7) is 2.10. The van der Waals surface area contributed by atoms with Crippen molar-refractivity contribution in [3.8, 4) is 0 Å². The summed E-state index contributed by atoms with van der Waals surface area (Å²) >= 11 is 5.37. The Kier molecular flexibility index (Phi) is 4.87. The molecule has 2 aromatic carbocycles. The van der Waals surface area contributed by atoms with Crippen molar-refractivity contribution >= 4 is 49.5 Å². The molecule has 3 nitrogen and oxygen atoms in total. The largest absolute Gasteiger partial charge is 0.342 e. The lowest BCUT2D eigenvalue weighted by atomic mass is 9.86. The predicted octanol–water partition coefficient (Wildman–Crippen LogP) is 4.49. The number of halogens is 1. The number of fused-ring (bicyclic) bond motifs is 2. The second-order valence-corrected chi connectivity index (χ2v) is 8.32. The lowest BCUT2D eigenvalue weighted by Gasteiger charge is -2.40. The number of carbonyl (C=O) groups excluding carboxylic acids is 1. The molecule has 0 bridgehead atoms. The van der Waals surface area contributed by atoms with Gasteiger partial charge in [0.2, 0.25) is 0 Å². The normalized spacial score (nSPS) is 26.0. The number of benzene rings is 2. The summed E-state index contributed by atoms with van der Waals surface area (Å²) in [5, 5.41) is 4.38. The van der Waals surface area contributed by atoms with Crippen molar-refractivity contribution in [1.29, 1.82) is 0 Å². The zero-order valence-corrected chi connectivity index (χ0v) is 16.6. The second kappa shape index (κ2) is 7.12. The molecule has 0 aliphatic carbocycles. The number of aliphatic imine (C=N–C) groups is 1. The Morgan fingerprint density at radius 1 is 1.24 bits per heavy atom. The Labute approximate surface area is 161 Å². The van der Waals surface area contributed by atoms with Crippen molar-refractivity contribution in [2.75, 3.05) is 11.1 Å². The minimum absolute atomic E-state index is 0.0250. The molecule has 3 unspecified atom stereocenters. The number of hydrogen-bond acceptors (Lipinski definition) is 3. The molecule has 0 N–H and O–H groups in total. The molecule has 2 heterocycles. The highest BCUT2D eigenvalue weighted by molar-refractivity contribution is 9.09. The number of rotatable bonds is 4. The van der Waals surface area contributed by atoms with Gasteiger partial charge in [0.15, 0.2) is 5.17 Å². The number of nitrogens with zero attached hydrogens (tertiary/aromatic N) is 2. The molecular weight excluding hydrogens is 396 g/mol. The van der Waals surface area contributed by atoms with Crippen LogP contribution < -0.4 is 0 Å². The molecule has 1 saturated heterocycles. The molecule has 0 spiro atoms.